The molecule has 0 aromatic carbocycles. The molecule has 0 saturated carbocycles. The van der Waals surface area contributed by atoms with Gasteiger partial charge in [-0.2, -0.15) is 19.6 Å². The first kappa shape index (κ1) is 44.7. The Morgan fingerprint density at radius 1 is 0.289 bits per heavy atom. The SMILES string of the molecule is CCCCCC(C)(C)OOC(C)(CC(C)(OOC(C)(C)CCCCC)OOC(C)(C)CCCCC)OOC(C)(C)CCCCC. The molecule has 0 spiro atoms. The fourth-order valence-electron chi connectivity index (χ4n) is 4.90. The second-order valence-electron chi connectivity index (χ2n) is 16.0. The number of hydrogen-bond donors (Lipinski definition) is 0. The van der Waals surface area contributed by atoms with E-state index in [0.717, 1.165) is 103 Å². The predicted molar refractivity (Wildman–Crippen MR) is 183 cm³/mol. The third kappa shape index (κ3) is 22.8. The summed E-state index contributed by atoms with van der Waals surface area (Å²) < 4.78 is 0. The number of rotatable bonds is 30. The van der Waals surface area contributed by atoms with Gasteiger partial charge in [-0.05, 0) is 94.9 Å². The minimum Gasteiger partial charge on any atom is -0.228 e. The van der Waals surface area contributed by atoms with Crippen molar-refractivity contribution in [3.05, 3.63) is 0 Å². The lowest BCUT2D eigenvalue weighted by molar-refractivity contribution is -0.581. The van der Waals surface area contributed by atoms with Gasteiger partial charge < -0.3 is 0 Å². The van der Waals surface area contributed by atoms with E-state index in [1.54, 1.807) is 13.8 Å². The first-order valence-electron chi connectivity index (χ1n) is 18.2. The summed E-state index contributed by atoms with van der Waals surface area (Å²) in [5.41, 5.74) is -2.15. The normalized spacial score (nSPS) is 14.0. The molecular weight excluding hydrogens is 572 g/mol. The zero-order chi connectivity index (χ0) is 34.7. The summed E-state index contributed by atoms with van der Waals surface area (Å²) in [5.74, 6) is -2.85. The molecule has 0 saturated heterocycles. The molecule has 0 aliphatic rings. The van der Waals surface area contributed by atoms with E-state index in [-0.39, 0.29) is 6.42 Å². The smallest absolute Gasteiger partial charge is 0.228 e. The molecule has 0 unspecified atom stereocenters. The fraction of sp³-hybridized carbons (Fsp3) is 1.00. The van der Waals surface area contributed by atoms with Gasteiger partial charge in [0, 0.05) is 0 Å². The minimum atomic E-state index is -1.43. The third-order valence-electron chi connectivity index (χ3n) is 7.95. The topological polar surface area (TPSA) is 73.8 Å². The Morgan fingerprint density at radius 3 is 0.667 bits per heavy atom. The van der Waals surface area contributed by atoms with E-state index in [4.69, 9.17) is 39.1 Å². The van der Waals surface area contributed by atoms with Crippen LogP contribution in [0, 0.1) is 0 Å². The Labute approximate surface area is 279 Å². The van der Waals surface area contributed by atoms with Crippen LogP contribution in [-0.2, 0) is 39.1 Å². The molecule has 0 amide bonds. The molecule has 272 valence electrons. The van der Waals surface area contributed by atoms with Gasteiger partial charge in [0.25, 0.3) is 0 Å². The highest BCUT2D eigenvalue weighted by molar-refractivity contribution is 4.76. The summed E-state index contributed by atoms with van der Waals surface area (Å²) in [4.78, 5) is 48.9. The molecule has 0 N–H and O–H groups in total. The maximum atomic E-state index is 6.15. The minimum absolute atomic E-state index is 0.0339. The summed E-state index contributed by atoms with van der Waals surface area (Å²) >= 11 is 0. The van der Waals surface area contributed by atoms with Crippen LogP contribution in [0.2, 0.25) is 0 Å². The quantitative estimate of drug-likeness (QED) is 0.0330. The molecule has 8 nitrogen and oxygen atoms in total. The van der Waals surface area contributed by atoms with Gasteiger partial charge in [-0.15, -0.1) is 0 Å². The lowest BCUT2D eigenvalue weighted by Crippen LogP contribution is -2.49. The summed E-state index contributed by atoms with van der Waals surface area (Å²) in [6, 6.07) is 0. The Bertz CT molecular complexity index is 622. The summed E-state index contributed by atoms with van der Waals surface area (Å²) in [7, 11) is 0. The van der Waals surface area contributed by atoms with Gasteiger partial charge in [-0.25, -0.2) is 19.6 Å². The Kier molecular flexibility index (Phi) is 21.5. The third-order valence-corrected chi connectivity index (χ3v) is 7.95. The zero-order valence-corrected chi connectivity index (χ0v) is 32.3. The van der Waals surface area contributed by atoms with Gasteiger partial charge in [0.05, 0.1) is 28.8 Å². The van der Waals surface area contributed by atoms with Crippen LogP contribution in [-0.4, -0.2) is 34.0 Å². The molecule has 0 aromatic rings. The highest BCUT2D eigenvalue weighted by Gasteiger charge is 2.47. The van der Waals surface area contributed by atoms with Crippen LogP contribution in [0.15, 0.2) is 0 Å². The highest BCUT2D eigenvalue weighted by Crippen LogP contribution is 2.37. The van der Waals surface area contributed by atoms with E-state index in [2.05, 4.69) is 27.7 Å². The van der Waals surface area contributed by atoms with Crippen LogP contribution < -0.4 is 0 Å². The van der Waals surface area contributed by atoms with Crippen molar-refractivity contribution < 1.29 is 39.1 Å². The molecule has 45 heavy (non-hydrogen) atoms. The van der Waals surface area contributed by atoms with Crippen LogP contribution in [0.1, 0.15) is 206 Å². The lowest BCUT2D eigenvalue weighted by atomic mass is 10.0. The van der Waals surface area contributed by atoms with Crippen LogP contribution in [0.5, 0.6) is 0 Å². The molecule has 0 radical (unpaired) electrons. The van der Waals surface area contributed by atoms with Gasteiger partial charge in [0.15, 0.2) is 0 Å². The monoisotopic (exact) mass is 649 g/mol. The van der Waals surface area contributed by atoms with E-state index >= 15 is 0 Å². The van der Waals surface area contributed by atoms with E-state index in [1.807, 2.05) is 55.4 Å². The molecular formula is C37H76O8. The van der Waals surface area contributed by atoms with Gasteiger partial charge in [0.1, 0.15) is 0 Å². The van der Waals surface area contributed by atoms with Gasteiger partial charge in [0.2, 0.25) is 11.6 Å². The van der Waals surface area contributed by atoms with Crippen LogP contribution in [0.25, 0.3) is 0 Å². The summed E-state index contributed by atoms with van der Waals surface area (Å²) in [6.07, 6.45) is 16.6. The Hall–Kier alpha value is -0.320. The standard InChI is InChI=1S/C37H76O8/c1-15-19-23-27-32(5,6)38-42-36(13,43-39-33(7,8)28-24-20-16-2)31-37(14,44-40-34(9,10)29-25-21-17-3)45-41-35(11,12)30-26-22-18-4/h15-31H2,1-14H3. The molecule has 0 rings (SSSR count). The van der Waals surface area contributed by atoms with Crippen molar-refractivity contribution in [1.82, 2.24) is 0 Å². The first-order chi connectivity index (χ1) is 20.8. The first-order valence-corrected chi connectivity index (χ1v) is 18.2. The van der Waals surface area contributed by atoms with E-state index in [1.165, 1.54) is 0 Å². The van der Waals surface area contributed by atoms with Crippen molar-refractivity contribution in [3.63, 3.8) is 0 Å². The van der Waals surface area contributed by atoms with Gasteiger partial charge >= 0.3 is 0 Å². The molecule has 0 aliphatic heterocycles. The molecule has 0 fully saturated rings. The van der Waals surface area contributed by atoms with Crippen molar-refractivity contribution in [3.8, 4) is 0 Å². The molecule has 0 aromatic heterocycles. The van der Waals surface area contributed by atoms with Crippen LogP contribution in [0.4, 0.5) is 0 Å². The predicted octanol–water partition coefficient (Wildman–Crippen LogP) is 12.0. The van der Waals surface area contributed by atoms with E-state index in [0.29, 0.717) is 0 Å². The average Bonchev–Trinajstić information content (AvgIpc) is 2.94. The van der Waals surface area contributed by atoms with Crippen molar-refractivity contribution in [2.45, 2.75) is 240 Å². The summed E-state index contributed by atoms with van der Waals surface area (Å²) in [6.45, 7) is 28.5. The van der Waals surface area contributed by atoms with Crippen molar-refractivity contribution in [2.75, 3.05) is 0 Å². The number of unbranched alkanes of at least 4 members (excludes halogenated alkanes) is 8. The van der Waals surface area contributed by atoms with Crippen molar-refractivity contribution in [2.24, 2.45) is 0 Å². The number of hydrogen-bond acceptors (Lipinski definition) is 8. The molecule has 0 heterocycles. The van der Waals surface area contributed by atoms with Gasteiger partial charge in [-0.3, -0.25) is 0 Å². The average molecular weight is 649 g/mol. The second kappa shape index (κ2) is 21.6. The second-order valence-corrected chi connectivity index (χ2v) is 16.0. The zero-order valence-electron chi connectivity index (χ0n) is 32.3. The molecule has 0 bridgehead atoms. The van der Waals surface area contributed by atoms with Crippen LogP contribution in [0.3, 0.4) is 0 Å². The molecule has 8 heteroatoms. The van der Waals surface area contributed by atoms with Crippen molar-refractivity contribution in [1.29, 1.82) is 0 Å². The maximum absolute atomic E-state index is 6.15. The van der Waals surface area contributed by atoms with E-state index in [9.17, 15) is 0 Å². The van der Waals surface area contributed by atoms with E-state index < -0.39 is 34.0 Å². The van der Waals surface area contributed by atoms with Crippen molar-refractivity contribution >= 4 is 0 Å². The Morgan fingerprint density at radius 2 is 0.489 bits per heavy atom. The fourth-order valence-corrected chi connectivity index (χ4v) is 4.90. The lowest BCUT2D eigenvalue weighted by Gasteiger charge is -2.40. The summed E-state index contributed by atoms with van der Waals surface area (Å²) in [5, 5.41) is 0. The highest BCUT2D eigenvalue weighted by atomic mass is 17.3. The maximum Gasteiger partial charge on any atom is 0.236 e. The van der Waals surface area contributed by atoms with Crippen LogP contribution >= 0.6 is 0 Å². The Balaban J connectivity index is 6.13. The molecule has 0 atom stereocenters. The largest absolute Gasteiger partial charge is 0.236 e. The molecule has 0 aliphatic carbocycles. The van der Waals surface area contributed by atoms with Gasteiger partial charge in [-0.1, -0.05) is 105 Å².